The standard InChI is InChI=1S/C16H20N2O2/c1-12-3-6-16(19-2)13(9-12)11-20-15-5-4-14(7-8-17)18-10-15/h3-6,9-10H,7-8,11,17H2,1-2H3. The van der Waals surface area contributed by atoms with Crippen molar-refractivity contribution in [1.29, 1.82) is 0 Å². The lowest BCUT2D eigenvalue weighted by molar-refractivity contribution is 0.295. The van der Waals surface area contributed by atoms with Crippen LogP contribution < -0.4 is 15.2 Å². The van der Waals surface area contributed by atoms with E-state index in [-0.39, 0.29) is 0 Å². The van der Waals surface area contributed by atoms with E-state index in [4.69, 9.17) is 15.2 Å². The number of rotatable bonds is 6. The van der Waals surface area contributed by atoms with Crippen molar-refractivity contribution in [1.82, 2.24) is 4.98 Å². The summed E-state index contributed by atoms with van der Waals surface area (Å²) in [5, 5.41) is 0. The molecule has 2 rings (SSSR count). The normalized spacial score (nSPS) is 10.3. The van der Waals surface area contributed by atoms with Crippen LogP contribution in [0.4, 0.5) is 0 Å². The molecular formula is C16H20N2O2. The van der Waals surface area contributed by atoms with Crippen LogP contribution in [-0.4, -0.2) is 18.6 Å². The number of methoxy groups -OCH3 is 1. The van der Waals surface area contributed by atoms with Gasteiger partial charge in [0, 0.05) is 17.7 Å². The first-order chi connectivity index (χ1) is 9.72. The molecule has 1 heterocycles. The molecule has 0 radical (unpaired) electrons. The van der Waals surface area contributed by atoms with Crippen molar-refractivity contribution >= 4 is 0 Å². The van der Waals surface area contributed by atoms with Gasteiger partial charge in [0.15, 0.2) is 0 Å². The van der Waals surface area contributed by atoms with Gasteiger partial charge in [-0.15, -0.1) is 0 Å². The Kier molecular flexibility index (Phi) is 4.96. The zero-order chi connectivity index (χ0) is 14.4. The summed E-state index contributed by atoms with van der Waals surface area (Å²) in [5.74, 6) is 1.58. The summed E-state index contributed by atoms with van der Waals surface area (Å²) < 4.78 is 11.1. The third-order valence-electron chi connectivity index (χ3n) is 3.03. The quantitative estimate of drug-likeness (QED) is 0.877. The summed E-state index contributed by atoms with van der Waals surface area (Å²) >= 11 is 0. The molecule has 0 amide bonds. The van der Waals surface area contributed by atoms with Gasteiger partial charge in [0.1, 0.15) is 18.1 Å². The van der Waals surface area contributed by atoms with Crippen molar-refractivity contribution in [2.24, 2.45) is 5.73 Å². The maximum atomic E-state index is 5.75. The van der Waals surface area contributed by atoms with Crippen molar-refractivity contribution in [3.05, 3.63) is 53.3 Å². The molecule has 0 aliphatic carbocycles. The van der Waals surface area contributed by atoms with Gasteiger partial charge in [-0.2, -0.15) is 0 Å². The Morgan fingerprint density at radius 3 is 2.70 bits per heavy atom. The molecule has 4 heteroatoms. The maximum Gasteiger partial charge on any atom is 0.138 e. The molecule has 20 heavy (non-hydrogen) atoms. The van der Waals surface area contributed by atoms with Crippen molar-refractivity contribution in [2.45, 2.75) is 20.0 Å². The third kappa shape index (κ3) is 3.71. The number of aryl methyl sites for hydroxylation is 1. The summed E-state index contributed by atoms with van der Waals surface area (Å²) in [6.07, 6.45) is 2.51. The van der Waals surface area contributed by atoms with E-state index in [1.54, 1.807) is 13.3 Å². The van der Waals surface area contributed by atoms with Gasteiger partial charge in [-0.25, -0.2) is 0 Å². The minimum atomic E-state index is 0.461. The lowest BCUT2D eigenvalue weighted by Crippen LogP contribution is -2.04. The van der Waals surface area contributed by atoms with Crippen molar-refractivity contribution < 1.29 is 9.47 Å². The van der Waals surface area contributed by atoms with Crippen LogP contribution in [0.1, 0.15) is 16.8 Å². The first-order valence-corrected chi connectivity index (χ1v) is 6.64. The van der Waals surface area contributed by atoms with E-state index in [0.29, 0.717) is 13.2 Å². The van der Waals surface area contributed by atoms with Crippen molar-refractivity contribution in [3.8, 4) is 11.5 Å². The van der Waals surface area contributed by atoms with Gasteiger partial charge < -0.3 is 15.2 Å². The van der Waals surface area contributed by atoms with Gasteiger partial charge in [0.05, 0.1) is 13.3 Å². The molecule has 0 fully saturated rings. The number of hydrogen-bond acceptors (Lipinski definition) is 4. The molecule has 1 aromatic carbocycles. The summed E-state index contributed by atoms with van der Waals surface area (Å²) in [7, 11) is 1.66. The second kappa shape index (κ2) is 6.91. The van der Waals surface area contributed by atoms with E-state index in [9.17, 15) is 0 Å². The van der Waals surface area contributed by atoms with E-state index in [1.807, 2.05) is 31.2 Å². The topological polar surface area (TPSA) is 57.4 Å². The molecule has 0 saturated carbocycles. The molecule has 0 atom stereocenters. The molecule has 0 aliphatic heterocycles. The molecule has 0 saturated heterocycles. The Bertz CT molecular complexity index is 553. The molecule has 0 spiro atoms. The highest BCUT2D eigenvalue weighted by Gasteiger charge is 2.04. The molecule has 0 bridgehead atoms. The van der Waals surface area contributed by atoms with Gasteiger partial charge in [-0.3, -0.25) is 4.98 Å². The number of nitrogens with two attached hydrogens (primary N) is 1. The van der Waals surface area contributed by atoms with E-state index >= 15 is 0 Å². The summed E-state index contributed by atoms with van der Waals surface area (Å²) in [6, 6.07) is 9.90. The second-order valence-corrected chi connectivity index (χ2v) is 4.63. The number of benzene rings is 1. The average molecular weight is 272 g/mol. The predicted molar refractivity (Wildman–Crippen MR) is 79.1 cm³/mol. The monoisotopic (exact) mass is 272 g/mol. The lowest BCUT2D eigenvalue weighted by atomic mass is 10.1. The second-order valence-electron chi connectivity index (χ2n) is 4.63. The fourth-order valence-electron chi connectivity index (χ4n) is 1.97. The highest BCUT2D eigenvalue weighted by molar-refractivity contribution is 5.36. The van der Waals surface area contributed by atoms with Crippen molar-refractivity contribution in [3.63, 3.8) is 0 Å². The van der Waals surface area contributed by atoms with Crippen LogP contribution in [0.25, 0.3) is 0 Å². The summed E-state index contributed by atoms with van der Waals surface area (Å²) in [5.41, 5.74) is 8.68. The lowest BCUT2D eigenvalue weighted by Gasteiger charge is -2.11. The summed E-state index contributed by atoms with van der Waals surface area (Å²) in [4.78, 5) is 4.30. The molecule has 0 aliphatic rings. The Morgan fingerprint density at radius 2 is 2.05 bits per heavy atom. The average Bonchev–Trinajstić information content (AvgIpc) is 2.47. The highest BCUT2D eigenvalue weighted by Crippen LogP contribution is 2.21. The predicted octanol–water partition coefficient (Wildman–Crippen LogP) is 2.48. The molecule has 106 valence electrons. The zero-order valence-electron chi connectivity index (χ0n) is 11.9. The smallest absolute Gasteiger partial charge is 0.138 e. The van der Waals surface area contributed by atoms with Crippen LogP contribution in [0.5, 0.6) is 11.5 Å². The minimum Gasteiger partial charge on any atom is -0.496 e. The largest absolute Gasteiger partial charge is 0.496 e. The number of aromatic nitrogens is 1. The Labute approximate surface area is 119 Å². The van der Waals surface area contributed by atoms with E-state index in [1.165, 1.54) is 5.56 Å². The van der Waals surface area contributed by atoms with Gasteiger partial charge >= 0.3 is 0 Å². The first-order valence-electron chi connectivity index (χ1n) is 6.64. The number of ether oxygens (including phenoxy) is 2. The van der Waals surface area contributed by atoms with Gasteiger partial charge in [0.2, 0.25) is 0 Å². The van der Waals surface area contributed by atoms with Gasteiger partial charge in [-0.05, 0) is 37.7 Å². The van der Waals surface area contributed by atoms with Crippen LogP contribution in [-0.2, 0) is 13.0 Å². The maximum absolute atomic E-state index is 5.75. The van der Waals surface area contributed by atoms with Crippen molar-refractivity contribution in [2.75, 3.05) is 13.7 Å². The SMILES string of the molecule is COc1ccc(C)cc1COc1ccc(CCN)nc1. The van der Waals surface area contributed by atoms with Gasteiger partial charge in [0.25, 0.3) is 0 Å². The van der Waals surface area contributed by atoms with E-state index in [0.717, 1.165) is 29.2 Å². The fourth-order valence-corrected chi connectivity index (χ4v) is 1.97. The Morgan fingerprint density at radius 1 is 1.20 bits per heavy atom. The van der Waals surface area contributed by atoms with Crippen LogP contribution in [0.2, 0.25) is 0 Å². The molecule has 2 aromatic rings. The Hall–Kier alpha value is -2.07. The molecule has 0 unspecified atom stereocenters. The highest BCUT2D eigenvalue weighted by atomic mass is 16.5. The summed E-state index contributed by atoms with van der Waals surface area (Å²) in [6.45, 7) is 3.11. The van der Waals surface area contributed by atoms with Crippen LogP contribution in [0, 0.1) is 6.92 Å². The molecule has 1 aromatic heterocycles. The third-order valence-corrected chi connectivity index (χ3v) is 3.03. The van der Waals surface area contributed by atoms with Crippen LogP contribution in [0.3, 0.4) is 0 Å². The van der Waals surface area contributed by atoms with E-state index < -0.39 is 0 Å². The number of pyridine rings is 1. The molecule has 2 N–H and O–H groups in total. The number of nitrogens with zero attached hydrogens (tertiary/aromatic N) is 1. The van der Waals surface area contributed by atoms with Gasteiger partial charge in [-0.1, -0.05) is 11.6 Å². The van der Waals surface area contributed by atoms with Crippen LogP contribution >= 0.6 is 0 Å². The fraction of sp³-hybridized carbons (Fsp3) is 0.312. The zero-order valence-corrected chi connectivity index (χ0v) is 11.9. The first kappa shape index (κ1) is 14.3. The molecular weight excluding hydrogens is 252 g/mol. The molecule has 4 nitrogen and oxygen atoms in total. The van der Waals surface area contributed by atoms with E-state index in [2.05, 4.69) is 11.1 Å². The minimum absolute atomic E-state index is 0.461. The Balaban J connectivity index is 2.02. The number of hydrogen-bond donors (Lipinski definition) is 1. The van der Waals surface area contributed by atoms with Crippen LogP contribution in [0.15, 0.2) is 36.5 Å².